The molecule has 0 radical (unpaired) electrons. The highest BCUT2D eigenvalue weighted by Gasteiger charge is 2.37. The van der Waals surface area contributed by atoms with Gasteiger partial charge in [0.1, 0.15) is 6.04 Å². The highest BCUT2D eigenvalue weighted by molar-refractivity contribution is 5.78. The van der Waals surface area contributed by atoms with Crippen LogP contribution >= 0.6 is 0 Å². The zero-order valence-electron chi connectivity index (χ0n) is 9.28. The van der Waals surface area contributed by atoms with Crippen LogP contribution in [0.15, 0.2) is 12.3 Å². The lowest BCUT2D eigenvalue weighted by Gasteiger charge is -2.20. The Balaban J connectivity index is 2.28. The van der Waals surface area contributed by atoms with Crippen molar-refractivity contribution in [2.75, 3.05) is 18.6 Å². The molecule has 92 valence electrons. The van der Waals surface area contributed by atoms with Crippen LogP contribution in [0.25, 0.3) is 0 Å². The van der Waals surface area contributed by atoms with Gasteiger partial charge in [-0.1, -0.05) is 0 Å². The quantitative estimate of drug-likeness (QED) is 0.734. The van der Waals surface area contributed by atoms with Crippen molar-refractivity contribution in [1.29, 1.82) is 0 Å². The van der Waals surface area contributed by atoms with E-state index in [2.05, 4.69) is 9.97 Å². The molecule has 17 heavy (non-hydrogen) atoms. The molecule has 7 nitrogen and oxygen atoms in total. The molecule has 0 bridgehead atoms. The predicted molar refractivity (Wildman–Crippen MR) is 58.0 cm³/mol. The first kappa shape index (κ1) is 11.6. The molecule has 1 fully saturated rings. The zero-order valence-corrected chi connectivity index (χ0v) is 9.28. The lowest BCUT2D eigenvalue weighted by atomic mass is 10.2. The van der Waals surface area contributed by atoms with Crippen molar-refractivity contribution < 1.29 is 19.7 Å². The number of aliphatic hydroxyl groups excluding tert-OH is 1. The average molecular weight is 239 g/mol. The third-order valence-electron chi connectivity index (χ3n) is 2.65. The van der Waals surface area contributed by atoms with Crippen molar-refractivity contribution >= 4 is 11.9 Å². The van der Waals surface area contributed by atoms with E-state index < -0.39 is 18.1 Å². The van der Waals surface area contributed by atoms with E-state index in [1.807, 2.05) is 0 Å². The van der Waals surface area contributed by atoms with Gasteiger partial charge in [0.25, 0.3) is 0 Å². The molecule has 2 unspecified atom stereocenters. The molecule has 1 aromatic rings. The summed E-state index contributed by atoms with van der Waals surface area (Å²) in [5.74, 6) is -0.373. The number of aliphatic hydroxyl groups is 1. The van der Waals surface area contributed by atoms with Crippen molar-refractivity contribution in [2.24, 2.45) is 0 Å². The fraction of sp³-hybridized carbons (Fsp3) is 0.500. The number of rotatable bonds is 3. The minimum atomic E-state index is -0.993. The molecule has 0 spiro atoms. The maximum absolute atomic E-state index is 11.0. The van der Waals surface area contributed by atoms with E-state index in [9.17, 15) is 9.90 Å². The van der Waals surface area contributed by atoms with Gasteiger partial charge in [0.05, 0.1) is 13.2 Å². The number of anilines is 1. The van der Waals surface area contributed by atoms with Gasteiger partial charge in [0.15, 0.2) is 0 Å². The third kappa shape index (κ3) is 2.28. The summed E-state index contributed by atoms with van der Waals surface area (Å²) in [6.45, 7) is 0.212. The van der Waals surface area contributed by atoms with Crippen LogP contribution in [0.2, 0.25) is 0 Å². The highest BCUT2D eigenvalue weighted by atomic mass is 16.5. The van der Waals surface area contributed by atoms with Crippen LogP contribution in [-0.2, 0) is 4.79 Å². The number of methoxy groups -OCH3 is 1. The first-order valence-electron chi connectivity index (χ1n) is 5.16. The van der Waals surface area contributed by atoms with E-state index in [4.69, 9.17) is 9.84 Å². The van der Waals surface area contributed by atoms with Gasteiger partial charge in [-0.25, -0.2) is 9.78 Å². The molecule has 0 amide bonds. The number of hydrogen-bond donors (Lipinski definition) is 2. The fourth-order valence-corrected chi connectivity index (χ4v) is 1.85. The monoisotopic (exact) mass is 239 g/mol. The molecular weight excluding hydrogens is 226 g/mol. The standard InChI is InChI=1S/C10H13N3O4/c1-17-8-2-3-11-10(12-8)13-5-6(14)4-7(13)9(15)16/h2-3,6-7,14H,4-5H2,1H3,(H,15,16). The van der Waals surface area contributed by atoms with Crippen molar-refractivity contribution in [3.63, 3.8) is 0 Å². The summed E-state index contributed by atoms with van der Waals surface area (Å²) < 4.78 is 4.95. The van der Waals surface area contributed by atoms with E-state index in [-0.39, 0.29) is 18.9 Å². The van der Waals surface area contributed by atoms with Gasteiger partial charge in [-0.2, -0.15) is 4.98 Å². The number of carboxylic acids is 1. The molecule has 2 rings (SSSR count). The van der Waals surface area contributed by atoms with Gasteiger partial charge in [0, 0.05) is 25.2 Å². The van der Waals surface area contributed by atoms with E-state index in [1.165, 1.54) is 18.2 Å². The Hall–Kier alpha value is -1.89. The van der Waals surface area contributed by atoms with Crippen LogP contribution in [-0.4, -0.2) is 52.0 Å². The Morgan fingerprint density at radius 1 is 1.65 bits per heavy atom. The van der Waals surface area contributed by atoms with E-state index in [0.29, 0.717) is 5.88 Å². The zero-order chi connectivity index (χ0) is 12.4. The number of aliphatic carboxylic acids is 1. The minimum Gasteiger partial charge on any atom is -0.481 e. The van der Waals surface area contributed by atoms with Gasteiger partial charge in [-0.3, -0.25) is 0 Å². The Kier molecular flexibility index (Phi) is 3.10. The summed E-state index contributed by atoms with van der Waals surface area (Å²) in [7, 11) is 1.47. The number of carbonyl (C=O) groups is 1. The fourth-order valence-electron chi connectivity index (χ4n) is 1.85. The summed E-state index contributed by atoms with van der Waals surface area (Å²) in [4.78, 5) is 20.6. The lowest BCUT2D eigenvalue weighted by Crippen LogP contribution is -2.37. The average Bonchev–Trinajstić information content (AvgIpc) is 2.72. The Morgan fingerprint density at radius 2 is 2.41 bits per heavy atom. The van der Waals surface area contributed by atoms with E-state index in [1.54, 1.807) is 6.07 Å². The van der Waals surface area contributed by atoms with Gasteiger partial charge in [-0.15, -0.1) is 0 Å². The molecule has 0 saturated carbocycles. The van der Waals surface area contributed by atoms with Crippen LogP contribution in [0.4, 0.5) is 5.95 Å². The summed E-state index contributed by atoms with van der Waals surface area (Å²) >= 11 is 0. The highest BCUT2D eigenvalue weighted by Crippen LogP contribution is 2.23. The van der Waals surface area contributed by atoms with Crippen molar-refractivity contribution in [3.05, 3.63) is 12.3 Å². The maximum Gasteiger partial charge on any atom is 0.326 e. The largest absolute Gasteiger partial charge is 0.481 e. The summed E-state index contributed by atoms with van der Waals surface area (Å²) in [6, 6.07) is 0.781. The topological polar surface area (TPSA) is 95.8 Å². The second kappa shape index (κ2) is 4.54. The molecule has 0 aromatic carbocycles. The number of β-amino-alcohol motifs (C(OH)–C–C–N with tert-alkyl or cyclic N) is 1. The van der Waals surface area contributed by atoms with E-state index >= 15 is 0 Å². The summed E-state index contributed by atoms with van der Waals surface area (Å²) in [5, 5.41) is 18.6. The van der Waals surface area contributed by atoms with Crippen LogP contribution in [0, 0.1) is 0 Å². The number of hydrogen-bond acceptors (Lipinski definition) is 6. The molecule has 1 saturated heterocycles. The second-order valence-corrected chi connectivity index (χ2v) is 3.79. The minimum absolute atomic E-state index is 0.176. The first-order chi connectivity index (χ1) is 8.11. The number of aromatic nitrogens is 2. The van der Waals surface area contributed by atoms with Gasteiger partial charge in [-0.05, 0) is 0 Å². The van der Waals surface area contributed by atoms with Gasteiger partial charge in [0.2, 0.25) is 11.8 Å². The molecule has 1 aliphatic heterocycles. The SMILES string of the molecule is COc1ccnc(N2CC(O)CC2C(=O)O)n1. The molecule has 1 aliphatic rings. The van der Waals surface area contributed by atoms with Crippen LogP contribution in [0.3, 0.4) is 0 Å². The Labute approximate surface area is 97.7 Å². The maximum atomic E-state index is 11.0. The Bertz CT molecular complexity index is 426. The summed E-state index contributed by atoms with van der Waals surface area (Å²) in [5.41, 5.74) is 0. The van der Waals surface area contributed by atoms with E-state index in [0.717, 1.165) is 0 Å². The van der Waals surface area contributed by atoms with Gasteiger partial charge >= 0.3 is 5.97 Å². The third-order valence-corrected chi connectivity index (χ3v) is 2.65. The number of ether oxygens (including phenoxy) is 1. The molecule has 0 aliphatic carbocycles. The van der Waals surface area contributed by atoms with Crippen molar-refractivity contribution in [2.45, 2.75) is 18.6 Å². The molecular formula is C10H13N3O4. The predicted octanol–water partition coefficient (Wildman–Crippen LogP) is -0.491. The number of nitrogens with zero attached hydrogens (tertiary/aromatic N) is 3. The lowest BCUT2D eigenvalue weighted by molar-refractivity contribution is -0.138. The molecule has 2 N–H and O–H groups in total. The van der Waals surface area contributed by atoms with Crippen molar-refractivity contribution in [3.8, 4) is 5.88 Å². The van der Waals surface area contributed by atoms with Crippen LogP contribution in [0.1, 0.15) is 6.42 Å². The van der Waals surface area contributed by atoms with Crippen LogP contribution in [0.5, 0.6) is 5.88 Å². The van der Waals surface area contributed by atoms with Crippen LogP contribution < -0.4 is 9.64 Å². The molecule has 2 atom stereocenters. The molecule has 7 heteroatoms. The molecule has 1 aromatic heterocycles. The second-order valence-electron chi connectivity index (χ2n) is 3.79. The summed E-state index contributed by atoms with van der Waals surface area (Å²) in [6.07, 6.45) is 0.992. The number of carboxylic acid groups (broad SMARTS) is 1. The first-order valence-corrected chi connectivity index (χ1v) is 5.16. The Morgan fingerprint density at radius 3 is 3.06 bits per heavy atom. The van der Waals surface area contributed by atoms with Crippen molar-refractivity contribution in [1.82, 2.24) is 9.97 Å². The smallest absolute Gasteiger partial charge is 0.326 e. The van der Waals surface area contributed by atoms with Gasteiger partial charge < -0.3 is 19.8 Å². The normalized spacial score (nSPS) is 23.8. The molecule has 2 heterocycles.